The highest BCUT2D eigenvalue weighted by Crippen LogP contribution is 2.44. The van der Waals surface area contributed by atoms with Gasteiger partial charge in [0, 0.05) is 10.9 Å². The molecule has 1 saturated carbocycles. The highest BCUT2D eigenvalue weighted by molar-refractivity contribution is 6.30. The third-order valence-corrected chi connectivity index (χ3v) is 8.42. The van der Waals surface area contributed by atoms with Crippen LogP contribution in [0.2, 0.25) is 5.02 Å². The van der Waals surface area contributed by atoms with Gasteiger partial charge in [0.15, 0.2) is 0 Å². The maximum atomic E-state index is 13.9. The van der Waals surface area contributed by atoms with E-state index in [1.54, 1.807) is 55.5 Å². The monoisotopic (exact) mass is 588 g/mol. The summed E-state index contributed by atoms with van der Waals surface area (Å²) < 4.78 is 27.3. The Morgan fingerprint density at radius 2 is 1.67 bits per heavy atom. The molecule has 0 bridgehead atoms. The van der Waals surface area contributed by atoms with Crippen molar-refractivity contribution in [2.75, 3.05) is 6.54 Å². The number of benzene rings is 3. The molecule has 7 nitrogen and oxygen atoms in total. The normalized spacial score (nSPS) is 24.6. The number of urea groups is 1. The molecular weight excluding hydrogens is 562 g/mol. The summed E-state index contributed by atoms with van der Waals surface area (Å²) in [5.74, 6) is -2.03. The Bertz CT molecular complexity index is 1620. The van der Waals surface area contributed by atoms with E-state index in [0.29, 0.717) is 16.1 Å². The van der Waals surface area contributed by atoms with Crippen LogP contribution in [0.25, 0.3) is 6.08 Å². The minimum absolute atomic E-state index is 0.178. The van der Waals surface area contributed by atoms with E-state index in [1.807, 2.05) is 6.08 Å². The number of nitrogens with one attached hydrogen (secondary N) is 1. The average molecular weight is 589 g/mol. The fraction of sp³-hybridized carbons (Fsp3) is 0.250. The lowest BCUT2D eigenvalue weighted by atomic mass is 9.77. The molecular formula is C32H27ClF2N4O3. The van der Waals surface area contributed by atoms with Gasteiger partial charge in [0.2, 0.25) is 0 Å². The molecule has 3 aliphatic rings. The quantitative estimate of drug-likeness (QED) is 0.360. The minimum atomic E-state index is -1.37. The van der Waals surface area contributed by atoms with Crippen molar-refractivity contribution >= 4 is 41.2 Å². The van der Waals surface area contributed by atoms with Gasteiger partial charge in [-0.3, -0.25) is 14.5 Å². The standard InChI is InChI=1S/C32H27ClF2N4O3/c1-32(22-9-11-23(33)12-10-22)30(41)38(31(42)36-32)18-27(40)39-29(20-7-15-25(35)16-8-20)26-4-2-3-21(28(26)37-39)17-19-5-13-24(34)14-6-19/h5-17,26,29H,2-4,18H2,1H3,(H,36,42). The van der Waals surface area contributed by atoms with Crippen molar-refractivity contribution in [1.29, 1.82) is 0 Å². The van der Waals surface area contributed by atoms with E-state index in [9.17, 15) is 23.2 Å². The molecule has 0 aromatic heterocycles. The van der Waals surface area contributed by atoms with Gasteiger partial charge in [-0.05, 0) is 90.9 Å². The lowest BCUT2D eigenvalue weighted by Gasteiger charge is -2.30. The van der Waals surface area contributed by atoms with Crippen molar-refractivity contribution in [3.05, 3.63) is 112 Å². The Hall–Kier alpha value is -4.37. The first-order valence-electron chi connectivity index (χ1n) is 13.7. The van der Waals surface area contributed by atoms with Crippen LogP contribution < -0.4 is 5.32 Å². The molecule has 2 heterocycles. The summed E-state index contributed by atoms with van der Waals surface area (Å²) >= 11 is 6.00. The number of imide groups is 1. The van der Waals surface area contributed by atoms with Crippen molar-refractivity contribution in [3.8, 4) is 0 Å². The summed E-state index contributed by atoms with van der Waals surface area (Å²) in [6.07, 6.45) is 4.23. The number of hydrogen-bond acceptors (Lipinski definition) is 4. The number of carbonyl (C=O) groups is 3. The van der Waals surface area contributed by atoms with Crippen molar-refractivity contribution < 1.29 is 23.2 Å². The van der Waals surface area contributed by atoms with Crippen molar-refractivity contribution in [3.63, 3.8) is 0 Å². The van der Waals surface area contributed by atoms with Gasteiger partial charge < -0.3 is 5.32 Å². The molecule has 4 amide bonds. The number of rotatable bonds is 5. The summed E-state index contributed by atoms with van der Waals surface area (Å²) in [5, 5.41) is 9.29. The van der Waals surface area contributed by atoms with Crippen molar-refractivity contribution in [1.82, 2.24) is 15.2 Å². The van der Waals surface area contributed by atoms with Gasteiger partial charge >= 0.3 is 6.03 Å². The van der Waals surface area contributed by atoms with Crippen LogP contribution in [-0.2, 0) is 15.1 Å². The molecule has 42 heavy (non-hydrogen) atoms. The second-order valence-electron chi connectivity index (χ2n) is 10.9. The average Bonchev–Trinajstić information content (AvgIpc) is 3.47. The van der Waals surface area contributed by atoms with Crippen molar-refractivity contribution in [2.24, 2.45) is 11.0 Å². The molecule has 1 aliphatic carbocycles. The molecule has 6 rings (SSSR count). The van der Waals surface area contributed by atoms with Gasteiger partial charge in [0.1, 0.15) is 23.7 Å². The number of halogens is 3. The second kappa shape index (κ2) is 10.8. The molecule has 2 aliphatic heterocycles. The fourth-order valence-electron chi connectivity index (χ4n) is 5.99. The van der Waals surface area contributed by atoms with Crippen LogP contribution in [0.15, 0.2) is 83.5 Å². The van der Waals surface area contributed by atoms with Crippen LogP contribution in [0, 0.1) is 17.6 Å². The smallest absolute Gasteiger partial charge is 0.319 e. The number of allylic oxidation sites excluding steroid dienone is 1. The van der Waals surface area contributed by atoms with Gasteiger partial charge in [-0.25, -0.2) is 18.6 Å². The van der Waals surface area contributed by atoms with Crippen LogP contribution >= 0.6 is 11.6 Å². The maximum absolute atomic E-state index is 13.9. The molecule has 10 heteroatoms. The van der Waals surface area contributed by atoms with Crippen LogP contribution in [0.4, 0.5) is 13.6 Å². The van der Waals surface area contributed by atoms with E-state index in [-0.39, 0.29) is 11.7 Å². The summed E-state index contributed by atoms with van der Waals surface area (Å²) in [7, 11) is 0. The number of amides is 4. The molecule has 0 radical (unpaired) electrons. The molecule has 3 unspecified atom stereocenters. The Morgan fingerprint density at radius 1 is 1.02 bits per heavy atom. The first-order chi connectivity index (χ1) is 20.1. The molecule has 214 valence electrons. The van der Waals surface area contributed by atoms with E-state index < -0.39 is 41.8 Å². The van der Waals surface area contributed by atoms with Crippen molar-refractivity contribution in [2.45, 2.75) is 37.8 Å². The lowest BCUT2D eigenvalue weighted by Crippen LogP contribution is -2.44. The highest BCUT2D eigenvalue weighted by atomic mass is 35.5. The first-order valence-corrected chi connectivity index (χ1v) is 14.0. The van der Waals surface area contributed by atoms with Crippen LogP contribution in [0.5, 0.6) is 0 Å². The van der Waals surface area contributed by atoms with Crippen LogP contribution in [0.3, 0.4) is 0 Å². The minimum Gasteiger partial charge on any atom is -0.319 e. The van der Waals surface area contributed by atoms with E-state index in [2.05, 4.69) is 5.32 Å². The molecule has 1 saturated heterocycles. The maximum Gasteiger partial charge on any atom is 0.325 e. The third-order valence-electron chi connectivity index (χ3n) is 8.17. The molecule has 1 N–H and O–H groups in total. The zero-order valence-corrected chi connectivity index (χ0v) is 23.4. The first kappa shape index (κ1) is 27.8. The van der Waals surface area contributed by atoms with E-state index in [0.717, 1.165) is 41.0 Å². The largest absolute Gasteiger partial charge is 0.325 e. The van der Waals surface area contributed by atoms with Gasteiger partial charge in [-0.1, -0.05) is 48.0 Å². The predicted octanol–water partition coefficient (Wildman–Crippen LogP) is 6.21. The summed E-state index contributed by atoms with van der Waals surface area (Å²) in [5.41, 5.74) is 2.31. The Balaban J connectivity index is 1.32. The molecule has 0 spiro atoms. The number of hydrogen-bond donors (Lipinski definition) is 1. The van der Waals surface area contributed by atoms with E-state index >= 15 is 0 Å². The Kier molecular flexibility index (Phi) is 7.14. The van der Waals surface area contributed by atoms with Gasteiger partial charge in [0.25, 0.3) is 11.8 Å². The number of fused-ring (bicyclic) bond motifs is 1. The number of hydrazone groups is 1. The van der Waals surface area contributed by atoms with Crippen LogP contribution in [-0.4, -0.2) is 40.0 Å². The topological polar surface area (TPSA) is 82.1 Å². The summed E-state index contributed by atoms with van der Waals surface area (Å²) in [6, 6.07) is 17.4. The number of carbonyl (C=O) groups excluding carboxylic acids is 3. The van der Waals surface area contributed by atoms with Gasteiger partial charge in [0.05, 0.1) is 11.8 Å². The van der Waals surface area contributed by atoms with Gasteiger partial charge in [-0.15, -0.1) is 0 Å². The zero-order valence-electron chi connectivity index (χ0n) is 22.7. The van der Waals surface area contributed by atoms with E-state index in [4.69, 9.17) is 16.7 Å². The fourth-order valence-corrected chi connectivity index (χ4v) is 6.11. The second-order valence-corrected chi connectivity index (χ2v) is 11.3. The lowest BCUT2D eigenvalue weighted by molar-refractivity contribution is -0.140. The predicted molar refractivity (Wildman–Crippen MR) is 154 cm³/mol. The van der Waals surface area contributed by atoms with Gasteiger partial charge in [-0.2, -0.15) is 5.10 Å². The third kappa shape index (κ3) is 4.98. The Labute approximate surface area is 246 Å². The molecule has 3 aromatic rings. The summed E-state index contributed by atoms with van der Waals surface area (Å²) in [6.45, 7) is 1.06. The molecule has 3 aromatic carbocycles. The zero-order chi connectivity index (χ0) is 29.6. The SMILES string of the molecule is CC1(c2ccc(Cl)cc2)NC(=O)N(CC(=O)N2N=C3C(=Cc4ccc(F)cc4)CCCC3C2c2ccc(F)cc2)C1=O. The summed E-state index contributed by atoms with van der Waals surface area (Å²) in [4.78, 5) is 41.3. The highest BCUT2D eigenvalue weighted by Gasteiger charge is 2.51. The van der Waals surface area contributed by atoms with Crippen LogP contribution in [0.1, 0.15) is 48.9 Å². The van der Waals surface area contributed by atoms with E-state index in [1.165, 1.54) is 29.3 Å². The molecule has 3 atom stereocenters. The number of nitrogens with zero attached hydrogens (tertiary/aromatic N) is 3. The Morgan fingerprint density at radius 3 is 2.33 bits per heavy atom. The molecule has 2 fully saturated rings.